The molecular weight excluding hydrogens is 713 g/mol. The summed E-state index contributed by atoms with van der Waals surface area (Å²) in [7, 11) is 1.68. The molecule has 1 aliphatic heterocycles. The standard InChI is InChI=1S/C50H52O6.H2O/c1-3-37-24-26-39(27-25-37)32-43-33-44(29-31-45(43)52-2)50(51)49(55-36-42-22-14-7-15-23-42)48(54-35-41-20-12-6-13-21-41)47(53-34-40-18-10-5-11-19-40)46(56-50)30-28-38-16-8-4-9-17-38;/h4-27,29,31,33,46-49,51H,3,28,30,32,34-36H2,1-2H3;1H2/t46-,47-,48+,49-,50?;/m1./s1. The number of benzene rings is 6. The first-order valence-corrected chi connectivity index (χ1v) is 19.7. The predicted octanol–water partition coefficient (Wildman–Crippen LogP) is 8.96. The van der Waals surface area contributed by atoms with Crippen LogP contribution >= 0.6 is 0 Å². The Bertz CT molecular complexity index is 2060. The molecule has 0 radical (unpaired) electrons. The van der Waals surface area contributed by atoms with E-state index < -0.39 is 30.2 Å². The molecule has 6 aromatic carbocycles. The molecule has 0 saturated carbocycles. The minimum atomic E-state index is -1.92. The Labute approximate surface area is 337 Å². The molecular formula is C50H54O7. The van der Waals surface area contributed by atoms with Gasteiger partial charge in [-0.1, -0.05) is 153 Å². The van der Waals surface area contributed by atoms with Crippen molar-refractivity contribution >= 4 is 0 Å². The van der Waals surface area contributed by atoms with Gasteiger partial charge in [-0.3, -0.25) is 0 Å². The second-order valence-electron chi connectivity index (χ2n) is 14.5. The van der Waals surface area contributed by atoms with Crippen LogP contribution in [0.3, 0.4) is 0 Å². The lowest BCUT2D eigenvalue weighted by molar-refractivity contribution is -0.375. The summed E-state index contributed by atoms with van der Waals surface area (Å²) in [6.45, 7) is 3.03. The summed E-state index contributed by atoms with van der Waals surface area (Å²) in [5.74, 6) is -1.19. The fraction of sp³-hybridized carbons (Fsp3) is 0.280. The van der Waals surface area contributed by atoms with Gasteiger partial charge < -0.3 is 34.3 Å². The highest BCUT2D eigenvalue weighted by Crippen LogP contribution is 2.44. The van der Waals surface area contributed by atoms with Gasteiger partial charge in [-0.25, -0.2) is 0 Å². The SMILES string of the molecule is CCc1ccc(Cc2cc(C3(O)O[C@H](CCc4ccccc4)[C@@H](OCc4ccccc4)[C@H](OCc4ccccc4)[C@H]3OCc3ccccc3)ccc2OC)cc1.O. The molecule has 7 heteroatoms. The highest BCUT2D eigenvalue weighted by Gasteiger charge is 2.57. The highest BCUT2D eigenvalue weighted by atomic mass is 16.7. The number of hydrogen-bond acceptors (Lipinski definition) is 6. The maximum Gasteiger partial charge on any atom is 0.222 e. The lowest BCUT2D eigenvalue weighted by Gasteiger charge is -2.50. The summed E-state index contributed by atoms with van der Waals surface area (Å²) in [6.07, 6.45) is 0.0279. The lowest BCUT2D eigenvalue weighted by atomic mass is 9.84. The summed E-state index contributed by atoms with van der Waals surface area (Å²) in [5.41, 5.74) is 8.10. The Morgan fingerprint density at radius 3 is 1.58 bits per heavy atom. The van der Waals surface area contributed by atoms with Crippen LogP contribution in [0.25, 0.3) is 0 Å². The van der Waals surface area contributed by atoms with Crippen LogP contribution in [0.5, 0.6) is 5.75 Å². The molecule has 0 bridgehead atoms. The second-order valence-corrected chi connectivity index (χ2v) is 14.5. The van der Waals surface area contributed by atoms with Gasteiger partial charge in [0.1, 0.15) is 24.1 Å². The number of methoxy groups -OCH3 is 1. The van der Waals surface area contributed by atoms with Gasteiger partial charge in [-0.2, -0.15) is 0 Å². The molecule has 0 amide bonds. The second kappa shape index (κ2) is 20.3. The average Bonchev–Trinajstić information content (AvgIpc) is 3.25. The molecule has 7 nitrogen and oxygen atoms in total. The van der Waals surface area contributed by atoms with Gasteiger partial charge in [0.2, 0.25) is 5.79 Å². The van der Waals surface area contributed by atoms with Crippen molar-refractivity contribution in [2.75, 3.05) is 7.11 Å². The zero-order valence-electron chi connectivity index (χ0n) is 32.8. The Morgan fingerprint density at radius 1 is 0.561 bits per heavy atom. The molecule has 1 fully saturated rings. The van der Waals surface area contributed by atoms with Crippen LogP contribution < -0.4 is 4.74 Å². The van der Waals surface area contributed by atoms with Crippen LogP contribution in [0.2, 0.25) is 0 Å². The van der Waals surface area contributed by atoms with E-state index in [9.17, 15) is 5.11 Å². The minimum absolute atomic E-state index is 0. The van der Waals surface area contributed by atoms with Crippen molar-refractivity contribution in [1.82, 2.24) is 0 Å². The molecule has 1 saturated heterocycles. The van der Waals surface area contributed by atoms with Crippen molar-refractivity contribution in [3.63, 3.8) is 0 Å². The Morgan fingerprint density at radius 2 is 1.05 bits per heavy atom. The smallest absolute Gasteiger partial charge is 0.222 e. The molecule has 0 spiro atoms. The van der Waals surface area contributed by atoms with Crippen molar-refractivity contribution < 1.29 is 34.3 Å². The Kier molecular flexibility index (Phi) is 14.8. The molecule has 6 aromatic rings. The van der Waals surface area contributed by atoms with E-state index in [0.717, 1.165) is 46.4 Å². The van der Waals surface area contributed by atoms with E-state index in [1.807, 2.05) is 115 Å². The van der Waals surface area contributed by atoms with Crippen molar-refractivity contribution in [3.05, 3.63) is 208 Å². The van der Waals surface area contributed by atoms with Gasteiger partial charge in [0, 0.05) is 12.0 Å². The molecule has 3 N–H and O–H groups in total. The van der Waals surface area contributed by atoms with E-state index in [-0.39, 0.29) is 12.1 Å². The van der Waals surface area contributed by atoms with Crippen molar-refractivity contribution in [3.8, 4) is 5.75 Å². The van der Waals surface area contributed by atoms with Gasteiger partial charge in [-0.15, -0.1) is 0 Å². The van der Waals surface area contributed by atoms with Crippen LogP contribution in [0, 0.1) is 0 Å². The van der Waals surface area contributed by atoms with Crippen LogP contribution in [0.15, 0.2) is 164 Å². The van der Waals surface area contributed by atoms with E-state index in [4.69, 9.17) is 23.7 Å². The first-order valence-electron chi connectivity index (χ1n) is 19.7. The van der Waals surface area contributed by atoms with E-state index in [1.165, 1.54) is 11.1 Å². The molecule has 5 atom stereocenters. The van der Waals surface area contributed by atoms with Crippen LogP contribution in [0.1, 0.15) is 57.9 Å². The van der Waals surface area contributed by atoms with Crippen molar-refractivity contribution in [1.29, 1.82) is 0 Å². The molecule has 1 heterocycles. The number of ether oxygens (including phenoxy) is 5. The largest absolute Gasteiger partial charge is 0.496 e. The summed E-state index contributed by atoms with van der Waals surface area (Å²) in [4.78, 5) is 0. The fourth-order valence-electron chi connectivity index (χ4n) is 7.52. The quantitative estimate of drug-likeness (QED) is 0.0996. The summed E-state index contributed by atoms with van der Waals surface area (Å²) in [5, 5.41) is 13.3. The molecule has 7 rings (SSSR count). The van der Waals surface area contributed by atoms with E-state index >= 15 is 0 Å². The maximum absolute atomic E-state index is 13.3. The van der Waals surface area contributed by atoms with Crippen molar-refractivity contribution in [2.24, 2.45) is 0 Å². The van der Waals surface area contributed by atoms with Crippen LogP contribution in [0.4, 0.5) is 0 Å². The zero-order valence-corrected chi connectivity index (χ0v) is 32.8. The van der Waals surface area contributed by atoms with Crippen LogP contribution in [-0.4, -0.2) is 42.1 Å². The third kappa shape index (κ3) is 10.6. The topological polar surface area (TPSA) is 97.9 Å². The summed E-state index contributed by atoms with van der Waals surface area (Å²) < 4.78 is 33.6. The van der Waals surface area contributed by atoms with E-state index in [2.05, 4.69) is 55.5 Å². The zero-order chi connectivity index (χ0) is 38.6. The number of rotatable bonds is 17. The molecule has 296 valence electrons. The molecule has 57 heavy (non-hydrogen) atoms. The third-order valence-electron chi connectivity index (χ3n) is 10.6. The monoisotopic (exact) mass is 766 g/mol. The van der Waals surface area contributed by atoms with Crippen LogP contribution in [-0.2, 0) is 63.8 Å². The summed E-state index contributed by atoms with van der Waals surface area (Å²) >= 11 is 0. The molecule has 0 aromatic heterocycles. The fourth-order valence-corrected chi connectivity index (χ4v) is 7.52. The maximum atomic E-state index is 13.3. The number of hydrogen-bond donors (Lipinski definition) is 1. The van der Waals surface area contributed by atoms with Gasteiger partial charge in [0.25, 0.3) is 0 Å². The first kappa shape index (κ1) is 41.5. The normalized spacial score (nSPS) is 20.4. The minimum Gasteiger partial charge on any atom is -0.496 e. The lowest BCUT2D eigenvalue weighted by Crippen LogP contribution is -2.65. The number of aliphatic hydroxyl groups is 1. The van der Waals surface area contributed by atoms with Gasteiger partial charge >= 0.3 is 0 Å². The van der Waals surface area contributed by atoms with E-state index in [0.29, 0.717) is 31.6 Å². The number of aryl methyl sites for hydroxylation is 2. The molecule has 0 aliphatic carbocycles. The highest BCUT2D eigenvalue weighted by molar-refractivity contribution is 5.43. The average molecular weight is 767 g/mol. The van der Waals surface area contributed by atoms with Gasteiger partial charge in [-0.05, 0) is 76.4 Å². The first-order chi connectivity index (χ1) is 27.5. The molecule has 1 unspecified atom stereocenters. The predicted molar refractivity (Wildman–Crippen MR) is 224 cm³/mol. The summed E-state index contributed by atoms with van der Waals surface area (Å²) in [6, 6.07) is 55.0. The van der Waals surface area contributed by atoms with Gasteiger partial charge in [0.05, 0.1) is 33.0 Å². The Hall–Kier alpha value is -5.12. The van der Waals surface area contributed by atoms with Crippen molar-refractivity contribution in [2.45, 2.75) is 82.6 Å². The van der Waals surface area contributed by atoms with Gasteiger partial charge in [0.15, 0.2) is 0 Å². The van der Waals surface area contributed by atoms with E-state index in [1.54, 1.807) is 7.11 Å². The Balaban J connectivity index is 0.00000549. The molecule has 1 aliphatic rings. The third-order valence-corrected chi connectivity index (χ3v) is 10.6.